The summed E-state index contributed by atoms with van der Waals surface area (Å²) in [6.45, 7) is 3.83. The third kappa shape index (κ3) is 3.34. The van der Waals surface area contributed by atoms with E-state index < -0.39 is 0 Å². The van der Waals surface area contributed by atoms with E-state index in [0.717, 1.165) is 37.4 Å². The van der Waals surface area contributed by atoms with Gasteiger partial charge in [-0.25, -0.2) is 4.68 Å². The molecule has 1 amide bonds. The second-order valence-electron chi connectivity index (χ2n) is 5.63. The Morgan fingerprint density at radius 2 is 2.00 bits per heavy atom. The smallest absolute Gasteiger partial charge is 0.278 e. The molecule has 2 heterocycles. The number of carbonyl (C=O) groups excluding carboxylic acids is 1. The minimum atomic E-state index is -0.243. The molecule has 122 valence electrons. The SMILES string of the molecule is COc1ccc(NC(=O)c2nnn(C3CCNCC3)c2C)cc1. The first-order valence-corrected chi connectivity index (χ1v) is 7.77. The summed E-state index contributed by atoms with van der Waals surface area (Å²) in [5.41, 5.74) is 1.88. The van der Waals surface area contributed by atoms with Crippen LogP contribution in [0.4, 0.5) is 5.69 Å². The Labute approximate surface area is 135 Å². The number of piperidine rings is 1. The minimum Gasteiger partial charge on any atom is -0.497 e. The summed E-state index contributed by atoms with van der Waals surface area (Å²) in [6.07, 6.45) is 2.01. The van der Waals surface area contributed by atoms with Crippen LogP contribution in [0, 0.1) is 6.92 Å². The Balaban J connectivity index is 1.73. The lowest BCUT2D eigenvalue weighted by atomic mass is 10.1. The normalized spacial score (nSPS) is 15.4. The van der Waals surface area contributed by atoms with Gasteiger partial charge in [-0.05, 0) is 57.1 Å². The molecule has 0 atom stereocenters. The third-order valence-corrected chi connectivity index (χ3v) is 4.14. The molecule has 1 aliphatic rings. The highest BCUT2D eigenvalue weighted by molar-refractivity contribution is 6.03. The van der Waals surface area contributed by atoms with Gasteiger partial charge < -0.3 is 15.4 Å². The molecule has 0 unspecified atom stereocenters. The first-order chi connectivity index (χ1) is 11.2. The summed E-state index contributed by atoms with van der Waals surface area (Å²) < 4.78 is 6.98. The van der Waals surface area contributed by atoms with Crippen LogP contribution in [-0.4, -0.2) is 41.1 Å². The van der Waals surface area contributed by atoms with Crippen LogP contribution < -0.4 is 15.4 Å². The number of nitrogens with zero attached hydrogens (tertiary/aromatic N) is 3. The molecular formula is C16H21N5O2. The second kappa shape index (κ2) is 6.78. The standard InChI is InChI=1S/C16H21N5O2/c1-11-15(19-20-21(11)13-7-9-17-10-8-13)16(22)18-12-3-5-14(23-2)6-4-12/h3-6,13,17H,7-10H2,1-2H3,(H,18,22). The van der Waals surface area contributed by atoms with E-state index in [2.05, 4.69) is 20.9 Å². The monoisotopic (exact) mass is 315 g/mol. The lowest BCUT2D eigenvalue weighted by molar-refractivity contribution is 0.102. The molecular weight excluding hydrogens is 294 g/mol. The van der Waals surface area contributed by atoms with Crippen LogP contribution in [0.25, 0.3) is 0 Å². The van der Waals surface area contributed by atoms with Crippen molar-refractivity contribution in [2.75, 3.05) is 25.5 Å². The Morgan fingerprint density at radius 3 is 2.65 bits per heavy atom. The van der Waals surface area contributed by atoms with E-state index in [1.165, 1.54) is 0 Å². The van der Waals surface area contributed by atoms with Crippen LogP contribution >= 0.6 is 0 Å². The molecule has 2 N–H and O–H groups in total. The predicted molar refractivity (Wildman–Crippen MR) is 86.8 cm³/mol. The molecule has 0 saturated carbocycles. The average Bonchev–Trinajstić information content (AvgIpc) is 2.98. The number of anilines is 1. The van der Waals surface area contributed by atoms with Crippen molar-refractivity contribution in [3.05, 3.63) is 35.7 Å². The quantitative estimate of drug-likeness (QED) is 0.899. The maximum Gasteiger partial charge on any atom is 0.278 e. The highest BCUT2D eigenvalue weighted by Crippen LogP contribution is 2.21. The molecule has 1 saturated heterocycles. The molecule has 0 bridgehead atoms. The van der Waals surface area contributed by atoms with Gasteiger partial charge in [0.05, 0.1) is 18.8 Å². The van der Waals surface area contributed by atoms with Crippen molar-refractivity contribution in [1.29, 1.82) is 0 Å². The molecule has 1 aromatic carbocycles. The van der Waals surface area contributed by atoms with Gasteiger partial charge in [0.25, 0.3) is 5.91 Å². The van der Waals surface area contributed by atoms with Gasteiger partial charge in [-0.1, -0.05) is 5.21 Å². The van der Waals surface area contributed by atoms with Gasteiger partial charge in [0.15, 0.2) is 5.69 Å². The zero-order valence-electron chi connectivity index (χ0n) is 13.4. The van der Waals surface area contributed by atoms with Gasteiger partial charge in [-0.15, -0.1) is 5.10 Å². The molecule has 7 nitrogen and oxygen atoms in total. The van der Waals surface area contributed by atoms with Gasteiger partial charge in [-0.2, -0.15) is 0 Å². The minimum absolute atomic E-state index is 0.243. The molecule has 0 aliphatic carbocycles. The number of ether oxygens (including phenoxy) is 1. The Morgan fingerprint density at radius 1 is 1.30 bits per heavy atom. The number of amides is 1. The molecule has 1 aliphatic heterocycles. The largest absolute Gasteiger partial charge is 0.497 e. The number of carbonyl (C=O) groups is 1. The number of hydrogen-bond donors (Lipinski definition) is 2. The molecule has 0 spiro atoms. The molecule has 23 heavy (non-hydrogen) atoms. The number of methoxy groups -OCH3 is 1. The zero-order chi connectivity index (χ0) is 16.2. The van der Waals surface area contributed by atoms with Gasteiger partial charge in [0.1, 0.15) is 5.75 Å². The highest BCUT2D eigenvalue weighted by atomic mass is 16.5. The van der Waals surface area contributed by atoms with Crippen molar-refractivity contribution in [3.63, 3.8) is 0 Å². The van der Waals surface area contributed by atoms with Crippen molar-refractivity contribution in [2.45, 2.75) is 25.8 Å². The number of hydrogen-bond acceptors (Lipinski definition) is 5. The highest BCUT2D eigenvalue weighted by Gasteiger charge is 2.22. The van der Waals surface area contributed by atoms with Crippen LogP contribution in [-0.2, 0) is 0 Å². The molecule has 7 heteroatoms. The molecule has 1 aromatic heterocycles. The van der Waals surface area contributed by atoms with E-state index >= 15 is 0 Å². The van der Waals surface area contributed by atoms with E-state index in [4.69, 9.17) is 4.74 Å². The summed E-state index contributed by atoms with van der Waals surface area (Å²) in [5.74, 6) is 0.504. The van der Waals surface area contributed by atoms with Crippen molar-refractivity contribution in [3.8, 4) is 5.75 Å². The van der Waals surface area contributed by atoms with Crippen molar-refractivity contribution in [2.24, 2.45) is 0 Å². The van der Waals surface area contributed by atoms with Crippen LogP contribution in [0.3, 0.4) is 0 Å². The number of aromatic nitrogens is 3. The van der Waals surface area contributed by atoms with E-state index in [-0.39, 0.29) is 5.91 Å². The van der Waals surface area contributed by atoms with Crippen molar-refractivity contribution < 1.29 is 9.53 Å². The lowest BCUT2D eigenvalue weighted by Crippen LogP contribution is -2.30. The Kier molecular flexibility index (Phi) is 4.57. The molecule has 1 fully saturated rings. The Hall–Kier alpha value is -2.41. The first kappa shape index (κ1) is 15.5. The number of benzene rings is 1. The van der Waals surface area contributed by atoms with Gasteiger partial charge in [0.2, 0.25) is 0 Å². The maximum atomic E-state index is 12.4. The van der Waals surface area contributed by atoms with Crippen LogP contribution in [0.15, 0.2) is 24.3 Å². The second-order valence-corrected chi connectivity index (χ2v) is 5.63. The van der Waals surface area contributed by atoms with Crippen molar-refractivity contribution >= 4 is 11.6 Å². The zero-order valence-corrected chi connectivity index (χ0v) is 13.4. The summed E-state index contributed by atoms with van der Waals surface area (Å²) in [7, 11) is 1.61. The van der Waals surface area contributed by atoms with Crippen LogP contribution in [0.5, 0.6) is 5.75 Å². The fourth-order valence-corrected chi connectivity index (χ4v) is 2.81. The maximum absolute atomic E-state index is 12.4. The summed E-state index contributed by atoms with van der Waals surface area (Å²) in [4.78, 5) is 12.4. The number of rotatable bonds is 4. The van der Waals surface area contributed by atoms with Gasteiger partial charge in [0, 0.05) is 5.69 Å². The van der Waals surface area contributed by atoms with Crippen LogP contribution in [0.2, 0.25) is 0 Å². The Bertz CT molecular complexity index is 674. The van der Waals surface area contributed by atoms with E-state index in [0.29, 0.717) is 17.4 Å². The van der Waals surface area contributed by atoms with E-state index in [1.807, 2.05) is 11.6 Å². The van der Waals surface area contributed by atoms with Gasteiger partial charge >= 0.3 is 0 Å². The summed E-state index contributed by atoms with van der Waals surface area (Å²) >= 11 is 0. The van der Waals surface area contributed by atoms with E-state index in [1.54, 1.807) is 31.4 Å². The topological polar surface area (TPSA) is 81.1 Å². The predicted octanol–water partition coefficient (Wildman–Crippen LogP) is 1.77. The number of nitrogens with one attached hydrogen (secondary N) is 2. The fraction of sp³-hybridized carbons (Fsp3) is 0.438. The first-order valence-electron chi connectivity index (χ1n) is 7.77. The molecule has 2 aromatic rings. The fourth-order valence-electron chi connectivity index (χ4n) is 2.81. The summed E-state index contributed by atoms with van der Waals surface area (Å²) in [5, 5.41) is 14.4. The lowest BCUT2D eigenvalue weighted by Gasteiger charge is -2.23. The van der Waals surface area contributed by atoms with Crippen LogP contribution in [0.1, 0.15) is 35.1 Å². The summed E-state index contributed by atoms with van der Waals surface area (Å²) in [6, 6.07) is 7.50. The van der Waals surface area contributed by atoms with Gasteiger partial charge in [-0.3, -0.25) is 4.79 Å². The van der Waals surface area contributed by atoms with Crippen molar-refractivity contribution in [1.82, 2.24) is 20.3 Å². The average molecular weight is 315 g/mol. The van der Waals surface area contributed by atoms with E-state index in [9.17, 15) is 4.79 Å². The molecule has 0 radical (unpaired) electrons. The third-order valence-electron chi connectivity index (χ3n) is 4.14. The molecule has 3 rings (SSSR count).